The number of unbranched alkanes of at least 4 members (excludes halogenated alkanes) is 26. The lowest BCUT2D eigenvalue weighted by Crippen LogP contribution is -2.30. The van der Waals surface area contributed by atoms with Crippen molar-refractivity contribution in [3.63, 3.8) is 0 Å². The van der Waals surface area contributed by atoms with E-state index in [1.807, 2.05) is 0 Å². The first kappa shape index (κ1) is 75.5. The predicted octanol–water partition coefficient (Wildman–Crippen LogP) is 22.9. The summed E-state index contributed by atoms with van der Waals surface area (Å²) in [5, 5.41) is 0. The average molecular weight is 1110 g/mol. The van der Waals surface area contributed by atoms with Crippen LogP contribution in [0.15, 0.2) is 134 Å². The van der Waals surface area contributed by atoms with Crippen LogP contribution >= 0.6 is 0 Å². The number of carbonyl (C=O) groups is 3. The van der Waals surface area contributed by atoms with Gasteiger partial charge in [-0.1, -0.05) is 283 Å². The highest BCUT2D eigenvalue weighted by Crippen LogP contribution is 2.16. The molecule has 6 heteroatoms. The van der Waals surface area contributed by atoms with E-state index in [9.17, 15) is 14.4 Å². The number of esters is 3. The SMILES string of the molecule is CC/C=C\C/C=C\C/C=C\C/C=C\C/C=C\C/C=C\CCCCCCCCCCCCC(=O)OCC(COC(=O)CCCCCCC/C=C\CCC)OC(=O)CCCCCCCCCCCC/C=C\C/C=C\C/C=C\C/C=C\CC. The third-order valence-electron chi connectivity index (χ3n) is 13.9. The van der Waals surface area contributed by atoms with Crippen LogP contribution in [0.25, 0.3) is 0 Å². The first-order valence-corrected chi connectivity index (χ1v) is 33.2. The van der Waals surface area contributed by atoms with Gasteiger partial charge in [0.1, 0.15) is 13.2 Å². The van der Waals surface area contributed by atoms with Gasteiger partial charge in [-0.15, -0.1) is 0 Å². The molecule has 0 radical (unpaired) electrons. The highest BCUT2D eigenvalue weighted by Gasteiger charge is 2.19. The van der Waals surface area contributed by atoms with E-state index in [0.717, 1.165) is 141 Å². The molecule has 0 bridgehead atoms. The van der Waals surface area contributed by atoms with Gasteiger partial charge in [0.2, 0.25) is 0 Å². The molecule has 0 aliphatic heterocycles. The van der Waals surface area contributed by atoms with Gasteiger partial charge in [0.15, 0.2) is 6.10 Å². The number of allylic oxidation sites excluding steroid dienone is 22. The van der Waals surface area contributed by atoms with Crippen LogP contribution in [-0.4, -0.2) is 37.2 Å². The Balaban J connectivity index is 4.25. The lowest BCUT2D eigenvalue weighted by atomic mass is 10.0. The molecule has 6 nitrogen and oxygen atoms in total. The molecule has 0 saturated carbocycles. The van der Waals surface area contributed by atoms with Gasteiger partial charge in [0.25, 0.3) is 0 Å². The minimum atomic E-state index is -0.790. The van der Waals surface area contributed by atoms with Crippen molar-refractivity contribution in [1.82, 2.24) is 0 Å². The van der Waals surface area contributed by atoms with Gasteiger partial charge < -0.3 is 14.2 Å². The summed E-state index contributed by atoms with van der Waals surface area (Å²) in [6, 6.07) is 0. The maximum absolute atomic E-state index is 12.9. The molecule has 1 atom stereocenters. The summed E-state index contributed by atoms with van der Waals surface area (Å²) in [6.07, 6.45) is 94.7. The van der Waals surface area contributed by atoms with Crippen LogP contribution in [0.1, 0.15) is 297 Å². The van der Waals surface area contributed by atoms with Crippen molar-refractivity contribution in [3.05, 3.63) is 134 Å². The second-order valence-corrected chi connectivity index (χ2v) is 21.6. The second kappa shape index (κ2) is 67.1. The third kappa shape index (κ3) is 64.4. The molecule has 0 aromatic heterocycles. The van der Waals surface area contributed by atoms with Crippen LogP contribution in [0.4, 0.5) is 0 Å². The van der Waals surface area contributed by atoms with E-state index in [1.54, 1.807) is 0 Å². The molecule has 454 valence electrons. The normalized spacial score (nSPS) is 13.0. The Morgan fingerprint density at radius 1 is 0.263 bits per heavy atom. The topological polar surface area (TPSA) is 78.9 Å². The lowest BCUT2D eigenvalue weighted by Gasteiger charge is -2.18. The van der Waals surface area contributed by atoms with Gasteiger partial charge in [-0.2, -0.15) is 0 Å². The zero-order chi connectivity index (χ0) is 57.8. The van der Waals surface area contributed by atoms with Crippen LogP contribution in [0.2, 0.25) is 0 Å². The van der Waals surface area contributed by atoms with Crippen molar-refractivity contribution in [3.8, 4) is 0 Å². The van der Waals surface area contributed by atoms with Crippen LogP contribution in [-0.2, 0) is 28.6 Å². The number of hydrogen-bond donors (Lipinski definition) is 0. The minimum Gasteiger partial charge on any atom is -0.462 e. The van der Waals surface area contributed by atoms with E-state index < -0.39 is 6.10 Å². The highest BCUT2D eigenvalue weighted by atomic mass is 16.6. The quantitative estimate of drug-likeness (QED) is 0.0261. The Labute approximate surface area is 494 Å². The van der Waals surface area contributed by atoms with Gasteiger partial charge in [0, 0.05) is 19.3 Å². The molecule has 0 spiro atoms. The smallest absolute Gasteiger partial charge is 0.306 e. The van der Waals surface area contributed by atoms with Crippen molar-refractivity contribution < 1.29 is 28.6 Å². The molecule has 0 saturated heterocycles. The van der Waals surface area contributed by atoms with E-state index in [-0.39, 0.29) is 31.1 Å². The molecule has 0 rings (SSSR count). The summed E-state index contributed by atoms with van der Waals surface area (Å²) < 4.78 is 16.9. The predicted molar refractivity (Wildman–Crippen MR) is 348 cm³/mol. The molecule has 1 unspecified atom stereocenters. The molecule has 0 fully saturated rings. The monoisotopic (exact) mass is 1110 g/mol. The van der Waals surface area contributed by atoms with E-state index in [2.05, 4.69) is 154 Å². The fraction of sp³-hybridized carbons (Fsp3) is 0.662. The minimum absolute atomic E-state index is 0.0869. The van der Waals surface area contributed by atoms with E-state index in [0.29, 0.717) is 19.3 Å². The molecular formula is C74H122O6. The van der Waals surface area contributed by atoms with E-state index in [4.69, 9.17) is 14.2 Å². The number of ether oxygens (including phenoxy) is 3. The van der Waals surface area contributed by atoms with E-state index in [1.165, 1.54) is 116 Å². The van der Waals surface area contributed by atoms with Crippen molar-refractivity contribution in [2.24, 2.45) is 0 Å². The molecular weight excluding hydrogens is 985 g/mol. The Bertz CT molecular complexity index is 1700. The van der Waals surface area contributed by atoms with Crippen LogP contribution in [0, 0.1) is 0 Å². The van der Waals surface area contributed by atoms with Crippen molar-refractivity contribution in [1.29, 1.82) is 0 Å². The van der Waals surface area contributed by atoms with Gasteiger partial charge >= 0.3 is 17.9 Å². The van der Waals surface area contributed by atoms with Crippen LogP contribution in [0.5, 0.6) is 0 Å². The largest absolute Gasteiger partial charge is 0.462 e. The van der Waals surface area contributed by atoms with Gasteiger partial charge in [-0.05, 0) is 128 Å². The third-order valence-corrected chi connectivity index (χ3v) is 13.9. The van der Waals surface area contributed by atoms with Crippen molar-refractivity contribution in [2.75, 3.05) is 13.2 Å². The summed E-state index contributed by atoms with van der Waals surface area (Å²) >= 11 is 0. The van der Waals surface area contributed by atoms with Crippen LogP contribution in [0.3, 0.4) is 0 Å². The average Bonchev–Trinajstić information content (AvgIpc) is 3.46. The molecule has 0 aromatic rings. The highest BCUT2D eigenvalue weighted by molar-refractivity contribution is 5.71. The summed E-state index contributed by atoms with van der Waals surface area (Å²) in [4.78, 5) is 38.3. The number of carbonyl (C=O) groups excluding carboxylic acids is 3. The number of hydrogen-bond acceptors (Lipinski definition) is 6. The molecule has 0 amide bonds. The molecule has 0 N–H and O–H groups in total. The first-order chi connectivity index (χ1) is 39.5. The molecule has 0 aliphatic rings. The van der Waals surface area contributed by atoms with Crippen molar-refractivity contribution >= 4 is 17.9 Å². The first-order valence-electron chi connectivity index (χ1n) is 33.2. The summed E-state index contributed by atoms with van der Waals surface area (Å²) in [5.74, 6) is -0.902. The van der Waals surface area contributed by atoms with E-state index >= 15 is 0 Å². The maximum Gasteiger partial charge on any atom is 0.306 e. The maximum atomic E-state index is 12.9. The number of rotatable bonds is 59. The van der Waals surface area contributed by atoms with Gasteiger partial charge in [0.05, 0.1) is 0 Å². The summed E-state index contributed by atoms with van der Waals surface area (Å²) in [7, 11) is 0. The zero-order valence-corrected chi connectivity index (χ0v) is 52.0. The molecule has 0 aliphatic carbocycles. The van der Waals surface area contributed by atoms with Gasteiger partial charge in [-0.3, -0.25) is 14.4 Å². The molecule has 80 heavy (non-hydrogen) atoms. The summed E-state index contributed by atoms with van der Waals surface area (Å²) in [5.41, 5.74) is 0. The standard InChI is InChI=1S/C74H122O6/c1-4-7-10-13-16-19-22-24-26-28-30-32-34-35-36-37-38-39-41-42-44-46-48-50-52-55-58-61-64-67-73(76)79-70-71(69-78-72(75)66-63-60-57-54-21-18-15-12-9-6-3)80-74(77)68-65-62-59-56-53-51-49-47-45-43-40-33-31-29-27-25-23-20-17-14-11-8-5-2/h7-8,10-12,15-17,19-20,24-27,30-33,35-36,38-39,71H,4-6,9,13-14,18,21-23,28-29,34,37,40-70H2,1-3H3/b10-7-,11-8-,15-12-,19-16-,20-17-,26-24-,27-25-,32-30-,33-31-,36-35-,39-38-. The van der Waals surface area contributed by atoms with Gasteiger partial charge in [-0.25, -0.2) is 0 Å². The Morgan fingerprint density at radius 2 is 0.487 bits per heavy atom. The Kier molecular flexibility index (Phi) is 63.3. The molecule has 0 aromatic carbocycles. The van der Waals surface area contributed by atoms with Crippen molar-refractivity contribution in [2.45, 2.75) is 303 Å². The Morgan fingerprint density at radius 3 is 0.775 bits per heavy atom. The summed E-state index contributed by atoms with van der Waals surface area (Å²) in [6.45, 7) is 6.35. The zero-order valence-electron chi connectivity index (χ0n) is 52.0. The van der Waals surface area contributed by atoms with Crippen LogP contribution < -0.4 is 0 Å². The second-order valence-electron chi connectivity index (χ2n) is 21.6. The fourth-order valence-corrected chi connectivity index (χ4v) is 8.97. The molecule has 0 heterocycles. The fourth-order valence-electron chi connectivity index (χ4n) is 8.97. The Hall–Kier alpha value is -4.45. The lowest BCUT2D eigenvalue weighted by molar-refractivity contribution is -0.167.